The number of nitrogens with zero attached hydrogens (tertiary/aromatic N) is 1. The van der Waals surface area contributed by atoms with Crippen LogP contribution in [-0.4, -0.2) is 29.8 Å². The molecule has 0 spiro atoms. The topological polar surface area (TPSA) is 49.4 Å². The smallest absolute Gasteiger partial charge is 0.254 e. The van der Waals surface area contributed by atoms with E-state index < -0.39 is 0 Å². The zero-order valence-electron chi connectivity index (χ0n) is 14.4. The zero-order chi connectivity index (χ0) is 18.6. The Morgan fingerprint density at radius 1 is 1.04 bits per heavy atom. The average molecular weight is 379 g/mol. The second-order valence-corrected chi connectivity index (χ2v) is 6.65. The summed E-state index contributed by atoms with van der Waals surface area (Å²) >= 11 is 12.1. The quantitative estimate of drug-likeness (QED) is 0.818. The van der Waals surface area contributed by atoms with E-state index in [-0.39, 0.29) is 18.4 Å². The summed E-state index contributed by atoms with van der Waals surface area (Å²) in [5.41, 5.74) is 2.94. The number of anilines is 1. The van der Waals surface area contributed by atoms with Gasteiger partial charge < -0.3 is 10.2 Å². The summed E-state index contributed by atoms with van der Waals surface area (Å²) in [5, 5.41) is 3.38. The molecule has 132 valence electrons. The van der Waals surface area contributed by atoms with Crippen molar-refractivity contribution in [2.45, 2.75) is 20.8 Å². The molecule has 2 aromatic rings. The molecule has 6 heteroatoms. The molecular formula is C19H20Cl2N2O2. The number of para-hydroxylation sites is 1. The summed E-state index contributed by atoms with van der Waals surface area (Å²) in [4.78, 5) is 26.5. The van der Waals surface area contributed by atoms with Gasteiger partial charge in [0.15, 0.2) is 0 Å². The van der Waals surface area contributed by atoms with Crippen molar-refractivity contribution in [2.24, 2.45) is 0 Å². The number of hydrogen-bond donors (Lipinski definition) is 1. The largest absolute Gasteiger partial charge is 0.330 e. The van der Waals surface area contributed by atoms with E-state index in [1.54, 1.807) is 18.2 Å². The van der Waals surface area contributed by atoms with Crippen LogP contribution in [0.25, 0.3) is 0 Å². The van der Waals surface area contributed by atoms with Crippen LogP contribution >= 0.6 is 23.2 Å². The van der Waals surface area contributed by atoms with Crippen LogP contribution in [0, 0.1) is 13.8 Å². The molecule has 0 heterocycles. The molecule has 25 heavy (non-hydrogen) atoms. The van der Waals surface area contributed by atoms with Crippen LogP contribution in [0.4, 0.5) is 5.69 Å². The first kappa shape index (κ1) is 19.3. The normalized spacial score (nSPS) is 10.4. The van der Waals surface area contributed by atoms with Crippen molar-refractivity contribution in [3.8, 4) is 0 Å². The minimum atomic E-state index is -0.352. The van der Waals surface area contributed by atoms with E-state index >= 15 is 0 Å². The third kappa shape index (κ3) is 4.97. The van der Waals surface area contributed by atoms with Crippen LogP contribution in [0.15, 0.2) is 36.4 Å². The van der Waals surface area contributed by atoms with E-state index in [0.29, 0.717) is 27.8 Å². The summed E-state index contributed by atoms with van der Waals surface area (Å²) in [6.07, 6.45) is 0. The number of hydrogen-bond acceptors (Lipinski definition) is 2. The summed E-state index contributed by atoms with van der Waals surface area (Å²) in [5.74, 6) is -0.538. The number of carbonyl (C=O) groups excluding carboxylic acids is 2. The number of likely N-dealkylation sites (N-methyl/N-ethyl adjacent to an activating group) is 1. The molecule has 0 unspecified atom stereocenters. The fourth-order valence-electron chi connectivity index (χ4n) is 2.58. The lowest BCUT2D eigenvalue weighted by Gasteiger charge is -2.21. The van der Waals surface area contributed by atoms with Crippen molar-refractivity contribution in [1.29, 1.82) is 0 Å². The summed E-state index contributed by atoms with van der Waals surface area (Å²) in [7, 11) is 0. The maximum absolute atomic E-state index is 12.7. The van der Waals surface area contributed by atoms with Gasteiger partial charge in [-0.05, 0) is 45.0 Å². The van der Waals surface area contributed by atoms with Gasteiger partial charge in [-0.15, -0.1) is 0 Å². The number of halogens is 2. The second kappa shape index (κ2) is 8.37. The Morgan fingerprint density at radius 3 is 2.12 bits per heavy atom. The van der Waals surface area contributed by atoms with Gasteiger partial charge in [0.25, 0.3) is 5.91 Å². The Balaban J connectivity index is 2.13. The Hall–Kier alpha value is -2.04. The van der Waals surface area contributed by atoms with Crippen molar-refractivity contribution in [3.05, 3.63) is 63.1 Å². The molecule has 0 saturated carbocycles. The molecule has 2 amide bonds. The minimum Gasteiger partial charge on any atom is -0.330 e. The first-order chi connectivity index (χ1) is 11.8. The number of amides is 2. The first-order valence-electron chi connectivity index (χ1n) is 7.93. The lowest BCUT2D eigenvalue weighted by atomic mass is 10.1. The molecule has 0 aliphatic heterocycles. The van der Waals surface area contributed by atoms with Crippen molar-refractivity contribution < 1.29 is 9.59 Å². The van der Waals surface area contributed by atoms with E-state index in [2.05, 4.69) is 5.32 Å². The molecule has 0 radical (unpaired) electrons. The standard InChI is InChI=1S/C19H20Cl2N2O2/c1-4-23(19(25)14-9-12(2)8-13(3)10-14)11-17(24)22-18-15(20)6-5-7-16(18)21/h5-10H,4,11H2,1-3H3,(H,22,24). The first-order valence-corrected chi connectivity index (χ1v) is 8.68. The molecule has 0 aliphatic carbocycles. The van der Waals surface area contributed by atoms with Crippen LogP contribution in [0.1, 0.15) is 28.4 Å². The second-order valence-electron chi connectivity index (χ2n) is 5.84. The van der Waals surface area contributed by atoms with E-state index in [9.17, 15) is 9.59 Å². The van der Waals surface area contributed by atoms with E-state index in [4.69, 9.17) is 23.2 Å². The molecular weight excluding hydrogens is 359 g/mol. The molecule has 0 aliphatic rings. The van der Waals surface area contributed by atoms with Gasteiger partial charge in [-0.2, -0.15) is 0 Å². The molecule has 0 aromatic heterocycles. The number of aryl methyl sites for hydroxylation is 2. The highest BCUT2D eigenvalue weighted by Crippen LogP contribution is 2.29. The molecule has 2 aromatic carbocycles. The van der Waals surface area contributed by atoms with Gasteiger partial charge in [0.1, 0.15) is 6.54 Å². The maximum atomic E-state index is 12.7. The van der Waals surface area contributed by atoms with Gasteiger partial charge in [-0.1, -0.05) is 46.5 Å². The highest BCUT2D eigenvalue weighted by molar-refractivity contribution is 6.39. The van der Waals surface area contributed by atoms with Crippen LogP contribution in [0.2, 0.25) is 10.0 Å². The fraction of sp³-hybridized carbons (Fsp3) is 0.263. The van der Waals surface area contributed by atoms with Crippen LogP contribution in [0.5, 0.6) is 0 Å². The number of rotatable bonds is 5. The van der Waals surface area contributed by atoms with Crippen molar-refractivity contribution in [3.63, 3.8) is 0 Å². The fourth-order valence-corrected chi connectivity index (χ4v) is 3.07. The van der Waals surface area contributed by atoms with E-state index in [0.717, 1.165) is 11.1 Å². The number of carbonyl (C=O) groups is 2. The van der Waals surface area contributed by atoms with Gasteiger partial charge in [-0.25, -0.2) is 0 Å². The summed E-state index contributed by atoms with van der Waals surface area (Å²) in [6, 6.07) is 10.6. The minimum absolute atomic E-state index is 0.0795. The zero-order valence-corrected chi connectivity index (χ0v) is 15.9. The Bertz CT molecular complexity index is 766. The third-order valence-corrected chi connectivity index (χ3v) is 4.33. The van der Waals surface area contributed by atoms with Crippen LogP contribution < -0.4 is 5.32 Å². The average Bonchev–Trinajstić information content (AvgIpc) is 2.54. The predicted octanol–water partition coefficient (Wildman–Crippen LogP) is 4.71. The van der Waals surface area contributed by atoms with Gasteiger partial charge in [0.05, 0.1) is 15.7 Å². The lowest BCUT2D eigenvalue weighted by Crippen LogP contribution is -2.38. The molecule has 2 rings (SSSR count). The van der Waals surface area contributed by atoms with Crippen molar-refractivity contribution in [2.75, 3.05) is 18.4 Å². The molecule has 0 bridgehead atoms. The maximum Gasteiger partial charge on any atom is 0.254 e. The van der Waals surface area contributed by atoms with Gasteiger partial charge in [-0.3, -0.25) is 9.59 Å². The van der Waals surface area contributed by atoms with Gasteiger partial charge in [0, 0.05) is 12.1 Å². The lowest BCUT2D eigenvalue weighted by molar-refractivity contribution is -0.116. The van der Waals surface area contributed by atoms with Crippen molar-refractivity contribution in [1.82, 2.24) is 4.90 Å². The highest BCUT2D eigenvalue weighted by Gasteiger charge is 2.19. The Kier molecular flexibility index (Phi) is 6.45. The number of nitrogens with one attached hydrogen (secondary N) is 1. The number of benzene rings is 2. The van der Waals surface area contributed by atoms with Gasteiger partial charge >= 0.3 is 0 Å². The van der Waals surface area contributed by atoms with Gasteiger partial charge in [0.2, 0.25) is 5.91 Å². The SMILES string of the molecule is CCN(CC(=O)Nc1c(Cl)cccc1Cl)C(=O)c1cc(C)cc(C)c1. The Labute approximate surface area is 157 Å². The third-order valence-electron chi connectivity index (χ3n) is 3.70. The summed E-state index contributed by atoms with van der Waals surface area (Å²) in [6.45, 7) is 6.04. The van der Waals surface area contributed by atoms with E-state index in [1.807, 2.05) is 39.0 Å². The monoisotopic (exact) mass is 378 g/mol. The molecule has 0 fully saturated rings. The Morgan fingerprint density at radius 2 is 1.60 bits per heavy atom. The van der Waals surface area contributed by atoms with Crippen molar-refractivity contribution >= 4 is 40.7 Å². The van der Waals surface area contributed by atoms with Crippen LogP contribution in [-0.2, 0) is 4.79 Å². The van der Waals surface area contributed by atoms with Crippen LogP contribution in [0.3, 0.4) is 0 Å². The molecule has 1 N–H and O–H groups in total. The molecule has 0 saturated heterocycles. The molecule has 4 nitrogen and oxygen atoms in total. The van der Waals surface area contributed by atoms with E-state index in [1.165, 1.54) is 4.90 Å². The summed E-state index contributed by atoms with van der Waals surface area (Å²) < 4.78 is 0. The molecule has 0 atom stereocenters. The predicted molar refractivity (Wildman–Crippen MR) is 103 cm³/mol. The highest BCUT2D eigenvalue weighted by atomic mass is 35.5.